The van der Waals surface area contributed by atoms with Crippen molar-refractivity contribution in [3.8, 4) is 10.6 Å². The van der Waals surface area contributed by atoms with Gasteiger partial charge in [0.15, 0.2) is 0 Å². The van der Waals surface area contributed by atoms with Crippen LogP contribution < -0.4 is 5.32 Å². The van der Waals surface area contributed by atoms with E-state index in [9.17, 15) is 9.59 Å². The zero-order valence-corrected chi connectivity index (χ0v) is 12.9. The van der Waals surface area contributed by atoms with E-state index in [4.69, 9.17) is 0 Å². The molecule has 1 N–H and O–H groups in total. The van der Waals surface area contributed by atoms with Gasteiger partial charge in [0.2, 0.25) is 5.91 Å². The highest BCUT2D eigenvalue weighted by Gasteiger charge is 2.49. The fourth-order valence-corrected chi connectivity index (χ4v) is 3.78. The molecule has 22 heavy (non-hydrogen) atoms. The van der Waals surface area contributed by atoms with E-state index >= 15 is 0 Å². The number of imide groups is 1. The quantitative estimate of drug-likeness (QED) is 0.886. The third-order valence-electron chi connectivity index (χ3n) is 4.17. The van der Waals surface area contributed by atoms with Gasteiger partial charge in [-0.05, 0) is 37.1 Å². The zero-order valence-electron chi connectivity index (χ0n) is 12.1. The Morgan fingerprint density at radius 3 is 2.73 bits per heavy atom. The molecule has 2 aliphatic rings. The number of hydrogen-bond acceptors (Lipinski definition) is 4. The minimum Gasteiger partial charge on any atom is -0.329 e. The second-order valence-electron chi connectivity index (χ2n) is 5.72. The topological polar surface area (TPSA) is 62.3 Å². The monoisotopic (exact) mass is 313 g/mol. The van der Waals surface area contributed by atoms with Gasteiger partial charge in [0.1, 0.15) is 0 Å². The molecular weight excluding hydrogens is 298 g/mol. The Labute approximate surface area is 132 Å². The lowest BCUT2D eigenvalue weighted by Gasteiger charge is -2.11. The number of aryl methyl sites for hydroxylation is 1. The van der Waals surface area contributed by atoms with Crippen molar-refractivity contribution in [1.29, 1.82) is 0 Å². The molecule has 4 rings (SSSR count). The van der Waals surface area contributed by atoms with Crippen molar-refractivity contribution in [1.82, 2.24) is 15.2 Å². The maximum absolute atomic E-state index is 11.7. The number of amides is 3. The van der Waals surface area contributed by atoms with E-state index in [1.165, 1.54) is 9.78 Å². The summed E-state index contributed by atoms with van der Waals surface area (Å²) in [5.74, 6) is 0.0931. The second kappa shape index (κ2) is 4.91. The Balaban J connectivity index is 1.51. The highest BCUT2D eigenvalue weighted by molar-refractivity contribution is 7.15. The zero-order chi connectivity index (χ0) is 15.3. The van der Waals surface area contributed by atoms with Gasteiger partial charge in [-0.1, -0.05) is 6.07 Å². The Morgan fingerprint density at radius 1 is 1.27 bits per heavy atom. The average Bonchev–Trinajstić information content (AvgIpc) is 3.05. The Kier molecular flexibility index (Phi) is 3.00. The summed E-state index contributed by atoms with van der Waals surface area (Å²) in [6.45, 7) is 2.20. The van der Waals surface area contributed by atoms with Crippen LogP contribution in [0.25, 0.3) is 10.6 Å². The lowest BCUT2D eigenvalue weighted by atomic mass is 10.1. The molecule has 3 amide bonds. The molecule has 1 aliphatic carbocycles. The van der Waals surface area contributed by atoms with Crippen LogP contribution in [0.15, 0.2) is 30.5 Å². The number of urea groups is 1. The van der Waals surface area contributed by atoms with Crippen LogP contribution in [-0.4, -0.2) is 34.4 Å². The molecule has 1 saturated heterocycles. The van der Waals surface area contributed by atoms with E-state index in [0.717, 1.165) is 22.6 Å². The first-order chi connectivity index (χ1) is 10.6. The van der Waals surface area contributed by atoms with Crippen molar-refractivity contribution in [2.75, 3.05) is 6.54 Å². The Morgan fingerprint density at radius 2 is 2.14 bits per heavy atom. The van der Waals surface area contributed by atoms with Gasteiger partial charge >= 0.3 is 6.03 Å². The molecule has 3 heterocycles. The first-order valence-electron chi connectivity index (χ1n) is 7.26. The summed E-state index contributed by atoms with van der Waals surface area (Å²) in [6.07, 6.45) is 2.70. The number of hydrogen-bond donors (Lipinski definition) is 1. The smallest absolute Gasteiger partial charge is 0.324 e. The molecule has 2 fully saturated rings. The molecule has 6 heteroatoms. The van der Waals surface area contributed by atoms with Crippen LogP contribution in [0.5, 0.6) is 0 Å². The lowest BCUT2D eigenvalue weighted by Crippen LogP contribution is -2.33. The number of thiophene rings is 1. The highest BCUT2D eigenvalue weighted by Crippen LogP contribution is 2.45. The van der Waals surface area contributed by atoms with E-state index in [0.29, 0.717) is 0 Å². The van der Waals surface area contributed by atoms with Crippen molar-refractivity contribution in [2.45, 2.75) is 25.3 Å². The van der Waals surface area contributed by atoms with E-state index < -0.39 is 0 Å². The molecule has 0 unspecified atom stereocenters. The van der Waals surface area contributed by atoms with E-state index in [1.807, 2.05) is 12.3 Å². The molecule has 0 radical (unpaired) electrons. The summed E-state index contributed by atoms with van der Waals surface area (Å²) in [7, 11) is 0. The fourth-order valence-electron chi connectivity index (χ4n) is 2.94. The largest absolute Gasteiger partial charge is 0.329 e. The maximum Gasteiger partial charge on any atom is 0.324 e. The summed E-state index contributed by atoms with van der Waals surface area (Å²) in [5.41, 5.74) is 2.06. The molecule has 5 nitrogen and oxygen atoms in total. The van der Waals surface area contributed by atoms with Crippen molar-refractivity contribution in [3.05, 3.63) is 40.9 Å². The molecule has 1 saturated carbocycles. The van der Waals surface area contributed by atoms with Gasteiger partial charge in [0.25, 0.3) is 0 Å². The minimum absolute atomic E-state index is 0.00775. The first-order valence-corrected chi connectivity index (χ1v) is 8.08. The predicted molar refractivity (Wildman–Crippen MR) is 83.7 cm³/mol. The fraction of sp³-hybridized carbons (Fsp3) is 0.312. The summed E-state index contributed by atoms with van der Waals surface area (Å²) < 4.78 is 0. The van der Waals surface area contributed by atoms with Gasteiger partial charge in [-0.3, -0.25) is 14.7 Å². The van der Waals surface area contributed by atoms with Crippen LogP contribution >= 0.6 is 11.3 Å². The summed E-state index contributed by atoms with van der Waals surface area (Å²) in [4.78, 5) is 31.7. The number of rotatable bonds is 3. The van der Waals surface area contributed by atoms with Crippen LogP contribution in [0.1, 0.15) is 22.8 Å². The van der Waals surface area contributed by atoms with E-state index in [2.05, 4.69) is 35.4 Å². The summed E-state index contributed by atoms with van der Waals surface area (Å²) in [6, 6.07) is 7.96. The SMILES string of the molecule is Cc1ccc(-c2ccc([C@@H]3C[C@H]3N3C(=O)CNC3=O)cn2)s1. The third kappa shape index (κ3) is 2.20. The van der Waals surface area contributed by atoms with Crippen molar-refractivity contribution in [2.24, 2.45) is 0 Å². The van der Waals surface area contributed by atoms with Gasteiger partial charge in [-0.25, -0.2) is 4.79 Å². The molecule has 2 aromatic heterocycles. The van der Waals surface area contributed by atoms with E-state index in [1.54, 1.807) is 11.3 Å². The molecule has 0 bridgehead atoms. The van der Waals surface area contributed by atoms with Crippen LogP contribution in [0.3, 0.4) is 0 Å². The number of nitrogens with one attached hydrogen (secondary N) is 1. The van der Waals surface area contributed by atoms with E-state index in [-0.39, 0.29) is 30.4 Å². The van der Waals surface area contributed by atoms with Crippen LogP contribution in [0.4, 0.5) is 4.79 Å². The lowest BCUT2D eigenvalue weighted by molar-refractivity contribution is -0.125. The number of carbonyl (C=O) groups is 2. The van der Waals surface area contributed by atoms with Gasteiger partial charge < -0.3 is 5.32 Å². The van der Waals surface area contributed by atoms with Gasteiger partial charge in [0.05, 0.1) is 17.1 Å². The first kappa shape index (κ1) is 13.5. The van der Waals surface area contributed by atoms with Crippen molar-refractivity contribution in [3.63, 3.8) is 0 Å². The maximum atomic E-state index is 11.7. The number of carbonyl (C=O) groups excluding carboxylic acids is 2. The van der Waals surface area contributed by atoms with Crippen LogP contribution in [0, 0.1) is 6.92 Å². The van der Waals surface area contributed by atoms with Gasteiger partial charge in [0, 0.05) is 23.0 Å². The van der Waals surface area contributed by atoms with Gasteiger partial charge in [-0.15, -0.1) is 11.3 Å². The Bertz CT molecular complexity index is 737. The third-order valence-corrected chi connectivity index (χ3v) is 5.20. The van der Waals surface area contributed by atoms with Crippen LogP contribution in [0.2, 0.25) is 0 Å². The number of nitrogens with zero attached hydrogens (tertiary/aromatic N) is 2. The molecule has 2 aromatic rings. The average molecular weight is 313 g/mol. The second-order valence-corrected chi connectivity index (χ2v) is 7.01. The molecule has 0 aromatic carbocycles. The standard InChI is InChI=1S/C16H15N3O2S/c1-9-2-5-14(22-9)12-4-3-10(7-17-12)11-6-13(11)19-15(20)8-18-16(19)21/h2-5,7,11,13H,6,8H2,1H3,(H,18,21)/t11-,13+/m0/s1. The molecule has 1 aliphatic heterocycles. The van der Waals surface area contributed by atoms with Crippen molar-refractivity contribution < 1.29 is 9.59 Å². The molecule has 112 valence electrons. The number of pyridine rings is 1. The minimum atomic E-state index is -0.267. The van der Waals surface area contributed by atoms with Gasteiger partial charge in [-0.2, -0.15) is 0 Å². The normalized spacial score (nSPS) is 23.8. The highest BCUT2D eigenvalue weighted by atomic mass is 32.1. The molecule has 2 atom stereocenters. The summed E-state index contributed by atoms with van der Waals surface area (Å²) in [5, 5.41) is 2.57. The molecular formula is C16H15N3O2S. The Hall–Kier alpha value is -2.21. The predicted octanol–water partition coefficient (Wildman–Crippen LogP) is 2.53. The summed E-state index contributed by atoms with van der Waals surface area (Å²) >= 11 is 1.72. The van der Waals surface area contributed by atoms with Crippen molar-refractivity contribution >= 4 is 23.3 Å². The molecule has 0 spiro atoms. The van der Waals surface area contributed by atoms with Crippen LogP contribution in [-0.2, 0) is 4.79 Å². The number of aromatic nitrogens is 1.